The summed E-state index contributed by atoms with van der Waals surface area (Å²) in [5.74, 6) is -1.50. The third-order valence-corrected chi connectivity index (χ3v) is 2.83. The molecule has 0 radical (unpaired) electrons. The standard InChI is InChI=1S/C8H17NO6S/c1-4-15-7(10)6-16(11,12)9-5-8(13-2)14-3/h8-9H,4-6H2,1-3H3. The number of carbonyl (C=O) groups is 1. The van der Waals surface area contributed by atoms with Gasteiger partial charge in [-0.1, -0.05) is 0 Å². The van der Waals surface area contributed by atoms with Gasteiger partial charge in [-0.3, -0.25) is 4.79 Å². The lowest BCUT2D eigenvalue weighted by atomic mass is 10.6. The minimum Gasteiger partial charge on any atom is -0.465 e. The van der Waals surface area contributed by atoms with Crippen molar-refractivity contribution in [3.05, 3.63) is 0 Å². The largest absolute Gasteiger partial charge is 0.465 e. The molecule has 0 heterocycles. The van der Waals surface area contributed by atoms with Gasteiger partial charge >= 0.3 is 5.97 Å². The minimum atomic E-state index is -3.70. The molecule has 0 saturated heterocycles. The molecule has 0 saturated carbocycles. The molecule has 0 aromatic heterocycles. The van der Waals surface area contributed by atoms with Crippen molar-refractivity contribution < 1.29 is 27.4 Å². The molecule has 16 heavy (non-hydrogen) atoms. The summed E-state index contributed by atoms with van der Waals surface area (Å²) in [6.07, 6.45) is -0.683. The number of rotatable bonds is 8. The normalized spacial score (nSPS) is 11.8. The summed E-state index contributed by atoms with van der Waals surface area (Å²) < 4.78 is 38.9. The summed E-state index contributed by atoms with van der Waals surface area (Å²) in [5.41, 5.74) is 0. The van der Waals surface area contributed by atoms with E-state index < -0.39 is 28.0 Å². The molecule has 0 aliphatic heterocycles. The Morgan fingerprint density at radius 2 is 1.88 bits per heavy atom. The van der Waals surface area contributed by atoms with Gasteiger partial charge < -0.3 is 14.2 Å². The van der Waals surface area contributed by atoms with Crippen molar-refractivity contribution in [2.24, 2.45) is 0 Å². The molecule has 0 aromatic rings. The Morgan fingerprint density at radius 1 is 1.31 bits per heavy atom. The van der Waals surface area contributed by atoms with Gasteiger partial charge in [-0.2, -0.15) is 0 Å². The van der Waals surface area contributed by atoms with Gasteiger partial charge in [0, 0.05) is 14.2 Å². The van der Waals surface area contributed by atoms with Crippen LogP contribution < -0.4 is 4.72 Å². The van der Waals surface area contributed by atoms with E-state index in [4.69, 9.17) is 9.47 Å². The average molecular weight is 255 g/mol. The highest BCUT2D eigenvalue weighted by molar-refractivity contribution is 7.90. The predicted octanol–water partition coefficient (Wildman–Crippen LogP) is -0.912. The third-order valence-electron chi connectivity index (χ3n) is 1.61. The molecule has 1 N–H and O–H groups in total. The first-order chi connectivity index (χ1) is 7.45. The van der Waals surface area contributed by atoms with Gasteiger partial charge in [0.2, 0.25) is 10.0 Å². The molecule has 0 bridgehead atoms. The fourth-order valence-electron chi connectivity index (χ4n) is 0.867. The molecule has 0 atom stereocenters. The molecule has 0 aliphatic rings. The van der Waals surface area contributed by atoms with Crippen LogP contribution in [0.1, 0.15) is 6.92 Å². The van der Waals surface area contributed by atoms with Gasteiger partial charge in [-0.25, -0.2) is 13.1 Å². The van der Waals surface area contributed by atoms with Crippen LogP contribution in [0.4, 0.5) is 0 Å². The highest BCUT2D eigenvalue weighted by Crippen LogP contribution is 1.92. The maximum atomic E-state index is 11.3. The summed E-state index contributed by atoms with van der Waals surface area (Å²) in [6, 6.07) is 0. The Bertz CT molecular complexity index is 298. The molecule has 0 unspecified atom stereocenters. The molecule has 96 valence electrons. The van der Waals surface area contributed by atoms with E-state index in [1.54, 1.807) is 6.92 Å². The van der Waals surface area contributed by atoms with Crippen molar-refractivity contribution in [1.29, 1.82) is 0 Å². The smallest absolute Gasteiger partial charge is 0.322 e. The topological polar surface area (TPSA) is 90.9 Å². The highest BCUT2D eigenvalue weighted by atomic mass is 32.2. The number of hydrogen-bond acceptors (Lipinski definition) is 6. The number of methoxy groups -OCH3 is 2. The molecule has 0 fully saturated rings. The zero-order chi connectivity index (χ0) is 12.6. The van der Waals surface area contributed by atoms with Gasteiger partial charge in [0.1, 0.15) is 0 Å². The zero-order valence-corrected chi connectivity index (χ0v) is 10.4. The van der Waals surface area contributed by atoms with E-state index in [-0.39, 0.29) is 13.2 Å². The molecule has 0 aliphatic carbocycles. The average Bonchev–Trinajstić information content (AvgIpc) is 2.18. The Labute approximate surface area is 95.1 Å². The van der Waals surface area contributed by atoms with Crippen molar-refractivity contribution in [3.8, 4) is 0 Å². The second-order valence-corrected chi connectivity index (χ2v) is 4.62. The van der Waals surface area contributed by atoms with Gasteiger partial charge in [0.05, 0.1) is 13.2 Å². The van der Waals surface area contributed by atoms with E-state index in [9.17, 15) is 13.2 Å². The Morgan fingerprint density at radius 3 is 2.31 bits per heavy atom. The van der Waals surface area contributed by atoms with E-state index in [2.05, 4.69) is 9.46 Å². The Kier molecular flexibility index (Phi) is 7.22. The molecule has 0 rings (SSSR count). The first-order valence-electron chi connectivity index (χ1n) is 4.63. The summed E-state index contributed by atoms with van der Waals surface area (Å²) in [7, 11) is -0.937. The monoisotopic (exact) mass is 255 g/mol. The lowest BCUT2D eigenvalue weighted by Crippen LogP contribution is -2.37. The van der Waals surface area contributed by atoms with Crippen molar-refractivity contribution in [2.45, 2.75) is 13.2 Å². The van der Waals surface area contributed by atoms with Gasteiger partial charge in [0.15, 0.2) is 12.0 Å². The van der Waals surface area contributed by atoms with E-state index in [0.29, 0.717) is 0 Å². The number of nitrogens with one attached hydrogen (secondary N) is 1. The van der Waals surface area contributed by atoms with Crippen molar-refractivity contribution in [2.75, 3.05) is 33.1 Å². The fraction of sp³-hybridized carbons (Fsp3) is 0.875. The minimum absolute atomic E-state index is 0.0608. The van der Waals surface area contributed by atoms with Crippen LogP contribution in [0.2, 0.25) is 0 Å². The van der Waals surface area contributed by atoms with Crippen molar-refractivity contribution in [3.63, 3.8) is 0 Å². The number of sulfonamides is 1. The molecule has 0 spiro atoms. The van der Waals surface area contributed by atoms with Crippen LogP contribution in [-0.2, 0) is 29.0 Å². The summed E-state index contributed by atoms with van der Waals surface area (Å²) in [6.45, 7) is 1.69. The summed E-state index contributed by atoms with van der Waals surface area (Å²) >= 11 is 0. The van der Waals surface area contributed by atoms with Crippen LogP contribution in [0, 0.1) is 0 Å². The highest BCUT2D eigenvalue weighted by Gasteiger charge is 2.18. The Hall–Kier alpha value is -0.700. The first-order valence-corrected chi connectivity index (χ1v) is 6.29. The number of carbonyl (C=O) groups excluding carboxylic acids is 1. The van der Waals surface area contributed by atoms with E-state index in [0.717, 1.165) is 0 Å². The van der Waals surface area contributed by atoms with Gasteiger partial charge in [-0.15, -0.1) is 0 Å². The van der Waals surface area contributed by atoms with Crippen molar-refractivity contribution in [1.82, 2.24) is 4.72 Å². The quantitative estimate of drug-likeness (QED) is 0.446. The molecule has 8 heteroatoms. The maximum Gasteiger partial charge on any atom is 0.322 e. The lowest BCUT2D eigenvalue weighted by Gasteiger charge is -2.13. The zero-order valence-electron chi connectivity index (χ0n) is 9.56. The number of hydrogen-bond donors (Lipinski definition) is 1. The molecule has 0 aromatic carbocycles. The fourth-order valence-corrected chi connectivity index (χ4v) is 1.75. The molecular formula is C8H17NO6S. The van der Waals surface area contributed by atoms with Crippen LogP contribution in [0.5, 0.6) is 0 Å². The predicted molar refractivity (Wildman–Crippen MR) is 56.2 cm³/mol. The lowest BCUT2D eigenvalue weighted by molar-refractivity contribution is -0.140. The van der Waals surface area contributed by atoms with E-state index in [1.807, 2.05) is 0 Å². The second kappa shape index (κ2) is 7.55. The van der Waals surface area contributed by atoms with E-state index in [1.165, 1.54) is 14.2 Å². The van der Waals surface area contributed by atoms with Crippen LogP contribution in [0.15, 0.2) is 0 Å². The van der Waals surface area contributed by atoms with E-state index >= 15 is 0 Å². The number of esters is 1. The van der Waals surface area contributed by atoms with Gasteiger partial charge in [0.25, 0.3) is 0 Å². The Balaban J connectivity index is 4.10. The third kappa shape index (κ3) is 6.72. The summed E-state index contributed by atoms with van der Waals surface area (Å²) in [5, 5.41) is 0. The van der Waals surface area contributed by atoms with Crippen LogP contribution in [-0.4, -0.2) is 53.8 Å². The first kappa shape index (κ1) is 15.3. The van der Waals surface area contributed by atoms with Crippen LogP contribution in [0.3, 0.4) is 0 Å². The molecular weight excluding hydrogens is 238 g/mol. The summed E-state index contributed by atoms with van der Waals surface area (Å²) in [4.78, 5) is 10.9. The molecule has 7 nitrogen and oxygen atoms in total. The van der Waals surface area contributed by atoms with Crippen molar-refractivity contribution >= 4 is 16.0 Å². The van der Waals surface area contributed by atoms with Crippen LogP contribution in [0.25, 0.3) is 0 Å². The van der Waals surface area contributed by atoms with Gasteiger partial charge in [-0.05, 0) is 6.92 Å². The SMILES string of the molecule is CCOC(=O)CS(=O)(=O)NCC(OC)OC. The number of ether oxygens (including phenoxy) is 3. The van der Waals surface area contributed by atoms with Crippen LogP contribution >= 0.6 is 0 Å². The second-order valence-electron chi connectivity index (χ2n) is 2.81. The molecule has 0 amide bonds. The maximum absolute atomic E-state index is 11.3.